The maximum atomic E-state index is 12.5. The Morgan fingerprint density at radius 3 is 1.45 bits per heavy atom. The van der Waals surface area contributed by atoms with Crippen molar-refractivity contribution in [3.05, 3.63) is 70.3 Å². The lowest BCUT2D eigenvalue weighted by molar-refractivity contribution is -0.138. The predicted octanol–water partition coefficient (Wildman–Crippen LogP) is 6.44. The van der Waals surface area contributed by atoms with E-state index in [0.717, 1.165) is 12.1 Å². The Hall–Kier alpha value is -1.64. The van der Waals surface area contributed by atoms with Crippen molar-refractivity contribution in [1.29, 1.82) is 0 Å². The van der Waals surface area contributed by atoms with Gasteiger partial charge in [0.05, 0.1) is 5.56 Å². The molecule has 0 aliphatic carbocycles. The molecule has 0 aliphatic heterocycles. The molecule has 174 valence electrons. The van der Waals surface area contributed by atoms with Crippen LogP contribution in [0.15, 0.2) is 42.5 Å². The third-order valence-electron chi connectivity index (χ3n) is 3.48. The molecule has 2 aromatic carbocycles. The summed E-state index contributed by atoms with van der Waals surface area (Å²) in [4.78, 5) is 21.2. The Morgan fingerprint density at radius 1 is 0.871 bits per heavy atom. The molecule has 0 atom stereocenters. The van der Waals surface area contributed by atoms with Crippen molar-refractivity contribution < 1.29 is 22.8 Å². The van der Waals surface area contributed by atoms with Gasteiger partial charge in [-0.15, -0.1) is 12.4 Å². The largest absolute Gasteiger partial charge is 0.416 e. The van der Waals surface area contributed by atoms with E-state index in [1.54, 1.807) is 24.3 Å². The van der Waals surface area contributed by atoms with Gasteiger partial charge in [-0.05, 0) is 81.1 Å². The van der Waals surface area contributed by atoms with Crippen LogP contribution in [0.3, 0.4) is 0 Å². The Morgan fingerprint density at radius 2 is 1.23 bits per heavy atom. The summed E-state index contributed by atoms with van der Waals surface area (Å²) < 4.78 is 37.6. The average molecular weight is 502 g/mol. The summed E-state index contributed by atoms with van der Waals surface area (Å²) in [6.45, 7) is 8.63. The minimum Gasteiger partial charge on any atom is -0.276 e. The van der Waals surface area contributed by atoms with Gasteiger partial charge in [-0.3, -0.25) is 20.9 Å². The minimum atomic E-state index is -4.40. The molecule has 2 rings (SSSR count). The molecule has 0 aromatic heterocycles. The van der Waals surface area contributed by atoms with E-state index in [1.165, 1.54) is 13.8 Å². The maximum Gasteiger partial charge on any atom is 0.416 e. The van der Waals surface area contributed by atoms with E-state index in [1.807, 2.05) is 26.8 Å². The number of benzene rings is 2. The Labute approximate surface area is 196 Å². The summed E-state index contributed by atoms with van der Waals surface area (Å²) in [6, 6.07) is 11.0. The lowest BCUT2D eigenvalue weighted by Crippen LogP contribution is -2.41. The first-order valence-electron chi connectivity index (χ1n) is 8.71. The molecular weight excluding hydrogens is 476 g/mol. The Balaban J connectivity index is 0. The first kappa shape index (κ1) is 31.5. The van der Waals surface area contributed by atoms with Crippen molar-refractivity contribution in [2.75, 3.05) is 0 Å². The van der Waals surface area contributed by atoms with E-state index in [4.69, 9.17) is 29.0 Å². The van der Waals surface area contributed by atoms with Crippen LogP contribution >= 0.6 is 35.6 Å². The smallest absolute Gasteiger partial charge is 0.276 e. The second kappa shape index (κ2) is 13.7. The monoisotopic (exact) mass is 500 g/mol. The molecule has 0 fully saturated rings. The van der Waals surface area contributed by atoms with Gasteiger partial charge in [-0.1, -0.05) is 30.3 Å². The number of hydrogen-bond acceptors (Lipinski definition) is 4. The molecule has 0 saturated carbocycles. The number of carbonyl (C=O) groups excluding carboxylic acids is 2. The summed E-state index contributed by atoms with van der Waals surface area (Å²) >= 11 is 10.4. The van der Waals surface area contributed by atoms with Crippen LogP contribution in [0.4, 0.5) is 13.2 Å². The Bertz CT molecular complexity index is 830. The van der Waals surface area contributed by atoms with Crippen molar-refractivity contribution in [2.24, 2.45) is 5.84 Å². The van der Waals surface area contributed by atoms with Crippen LogP contribution in [0.5, 0.6) is 0 Å². The van der Waals surface area contributed by atoms with Gasteiger partial charge in [0.2, 0.25) is 0 Å². The molecule has 2 aromatic rings. The number of hydrazine groups is 1. The van der Waals surface area contributed by atoms with Gasteiger partial charge in [0, 0.05) is 16.7 Å². The van der Waals surface area contributed by atoms with Crippen LogP contribution < -0.4 is 11.3 Å². The molecule has 0 bridgehead atoms. The average Bonchev–Trinajstić information content (AvgIpc) is 2.61. The fraction of sp³-hybridized carbons (Fsp3) is 0.333. The van der Waals surface area contributed by atoms with Gasteiger partial charge in [0.25, 0.3) is 10.5 Å². The molecule has 0 spiro atoms. The first-order valence-corrected chi connectivity index (χ1v) is 9.46. The van der Waals surface area contributed by atoms with Crippen LogP contribution in [0.1, 0.15) is 58.2 Å². The van der Waals surface area contributed by atoms with E-state index in [2.05, 4.69) is 5.43 Å². The highest BCUT2D eigenvalue weighted by atomic mass is 35.5. The van der Waals surface area contributed by atoms with Crippen molar-refractivity contribution in [3.63, 3.8) is 0 Å². The van der Waals surface area contributed by atoms with Gasteiger partial charge >= 0.3 is 6.18 Å². The quantitative estimate of drug-likeness (QED) is 0.282. The number of nitrogens with two attached hydrogens (primary N) is 1. The molecule has 0 amide bonds. The topological polar surface area (TPSA) is 72.2 Å². The summed E-state index contributed by atoms with van der Waals surface area (Å²) in [6.07, 6.45) is -4.40. The van der Waals surface area contributed by atoms with Gasteiger partial charge in [0.15, 0.2) is 0 Å². The highest BCUT2D eigenvalue weighted by Gasteiger charge is 2.34. The number of nitrogens with one attached hydrogen (secondary N) is 1. The van der Waals surface area contributed by atoms with Crippen LogP contribution in [0, 0.1) is 13.8 Å². The summed E-state index contributed by atoms with van der Waals surface area (Å²) in [7, 11) is 0. The van der Waals surface area contributed by atoms with E-state index in [9.17, 15) is 22.8 Å². The van der Waals surface area contributed by atoms with E-state index in [-0.39, 0.29) is 34.6 Å². The van der Waals surface area contributed by atoms with Crippen molar-refractivity contribution in [3.8, 4) is 0 Å². The second-order valence-electron chi connectivity index (χ2n) is 7.29. The molecule has 0 heterocycles. The Kier molecular flexibility index (Phi) is 13.9. The summed E-state index contributed by atoms with van der Waals surface area (Å²) in [5.74, 6) is 5.06. The fourth-order valence-corrected chi connectivity index (χ4v) is 2.33. The minimum absolute atomic E-state index is 0. The fourth-order valence-electron chi connectivity index (χ4n) is 2.09. The summed E-state index contributed by atoms with van der Waals surface area (Å²) in [5.41, 5.74) is 2.61. The molecule has 31 heavy (non-hydrogen) atoms. The zero-order chi connectivity index (χ0) is 23.7. The normalized spacial score (nSPS) is 10.5. The van der Waals surface area contributed by atoms with Crippen LogP contribution in [0.25, 0.3) is 0 Å². The molecule has 3 N–H and O–H groups in total. The van der Waals surface area contributed by atoms with E-state index >= 15 is 0 Å². The number of aryl methyl sites for hydroxylation is 2. The van der Waals surface area contributed by atoms with E-state index in [0.29, 0.717) is 5.56 Å². The zero-order valence-electron chi connectivity index (χ0n) is 17.7. The lowest BCUT2D eigenvalue weighted by Gasteiger charge is -2.14. The highest BCUT2D eigenvalue weighted by Crippen LogP contribution is 2.35. The first-order chi connectivity index (χ1) is 13.6. The van der Waals surface area contributed by atoms with Crippen LogP contribution in [-0.4, -0.2) is 16.0 Å². The van der Waals surface area contributed by atoms with Gasteiger partial charge < -0.3 is 0 Å². The predicted molar refractivity (Wildman–Crippen MR) is 122 cm³/mol. The molecule has 0 saturated heterocycles. The number of hydrogen-bond donors (Lipinski definition) is 2. The van der Waals surface area contributed by atoms with Crippen molar-refractivity contribution in [1.82, 2.24) is 5.43 Å². The SMILES string of the molecule is CC(C)(C)NN.Cc1cc(C(=O)Cl)cc(C)c1C(F)(F)F.Cl.O=C(Cl)c1ccccc1. The number of rotatable bonds is 2. The summed E-state index contributed by atoms with van der Waals surface area (Å²) in [5, 5.41) is -1.16. The molecule has 10 heteroatoms. The molecule has 4 nitrogen and oxygen atoms in total. The molecule has 0 aliphatic rings. The molecular formula is C21H26Cl3F3N2O2. The van der Waals surface area contributed by atoms with Crippen LogP contribution in [-0.2, 0) is 6.18 Å². The lowest BCUT2D eigenvalue weighted by atomic mass is 9.99. The van der Waals surface area contributed by atoms with Crippen molar-refractivity contribution >= 4 is 46.1 Å². The highest BCUT2D eigenvalue weighted by molar-refractivity contribution is 6.68. The molecule has 0 unspecified atom stereocenters. The number of alkyl halides is 3. The zero-order valence-corrected chi connectivity index (χ0v) is 20.1. The number of carbonyl (C=O) groups is 2. The maximum absolute atomic E-state index is 12.5. The number of halogens is 6. The van der Waals surface area contributed by atoms with Gasteiger partial charge in [0.1, 0.15) is 0 Å². The molecule has 0 radical (unpaired) electrons. The van der Waals surface area contributed by atoms with E-state index < -0.39 is 22.2 Å². The second-order valence-corrected chi connectivity index (χ2v) is 7.98. The van der Waals surface area contributed by atoms with Gasteiger partial charge in [-0.25, -0.2) is 0 Å². The van der Waals surface area contributed by atoms with Crippen LogP contribution in [0.2, 0.25) is 0 Å². The third-order valence-corrected chi connectivity index (χ3v) is 3.91. The standard InChI is InChI=1S/C10H8ClF3O.C7H5ClO.C4H12N2.ClH/c1-5-3-7(9(11)15)4-6(2)8(5)10(12,13)14;8-7(9)6-4-2-1-3-5-6;1-4(2,3)6-5;/h3-4H,1-2H3;1-5H;6H,5H2,1-3H3;1H. The van der Waals surface area contributed by atoms with Gasteiger partial charge in [-0.2, -0.15) is 13.2 Å². The third kappa shape index (κ3) is 12.7. The van der Waals surface area contributed by atoms with Crippen molar-refractivity contribution in [2.45, 2.75) is 46.3 Å².